The topological polar surface area (TPSA) is 15.7 Å². The van der Waals surface area contributed by atoms with E-state index in [-0.39, 0.29) is 5.41 Å². The molecule has 0 bridgehead atoms. The second-order valence-electron chi connectivity index (χ2n) is 17.3. The van der Waals surface area contributed by atoms with Crippen LogP contribution >= 0.6 is 0 Å². The Bertz CT molecular complexity index is 3320. The van der Waals surface area contributed by atoms with Crippen LogP contribution in [0.1, 0.15) is 25.0 Å². The minimum absolute atomic E-state index is 0.227. The highest BCUT2D eigenvalue weighted by molar-refractivity contribution is 6.10. The van der Waals surface area contributed by atoms with Crippen LogP contribution in [0, 0.1) is 0 Å². The quantitative estimate of drug-likeness (QED) is 0.152. The summed E-state index contributed by atoms with van der Waals surface area (Å²) in [7, 11) is 0. The zero-order valence-electron chi connectivity index (χ0n) is 35.7. The Labute approximate surface area is 374 Å². The van der Waals surface area contributed by atoms with Crippen molar-refractivity contribution in [1.82, 2.24) is 0 Å². The van der Waals surface area contributed by atoms with Crippen molar-refractivity contribution in [3.05, 3.63) is 242 Å². The number of rotatable bonds is 8. The monoisotopic (exact) mass is 820 g/mol. The van der Waals surface area contributed by atoms with Crippen molar-refractivity contribution in [1.29, 1.82) is 0 Å². The van der Waals surface area contributed by atoms with Crippen molar-refractivity contribution in [2.75, 3.05) is 9.80 Å². The molecule has 0 radical (unpaired) electrons. The van der Waals surface area contributed by atoms with E-state index in [0.717, 1.165) is 67.5 Å². The van der Waals surface area contributed by atoms with Crippen molar-refractivity contribution in [2.24, 2.45) is 0 Å². The van der Waals surface area contributed by atoms with Crippen LogP contribution < -0.4 is 14.5 Å². The second-order valence-corrected chi connectivity index (χ2v) is 17.3. The third-order valence-electron chi connectivity index (χ3n) is 13.2. The zero-order chi connectivity index (χ0) is 42.8. The molecular weight excluding hydrogens is 777 g/mol. The first-order valence-electron chi connectivity index (χ1n) is 22.1. The highest BCUT2D eigenvalue weighted by Crippen LogP contribution is 2.57. The van der Waals surface area contributed by atoms with Crippen LogP contribution in [0.3, 0.4) is 0 Å². The first-order valence-corrected chi connectivity index (χ1v) is 22.1. The van der Waals surface area contributed by atoms with Gasteiger partial charge in [0.25, 0.3) is 0 Å². The summed E-state index contributed by atoms with van der Waals surface area (Å²) in [6.07, 6.45) is 0. The van der Waals surface area contributed by atoms with Gasteiger partial charge in [-0.15, -0.1) is 0 Å². The largest absolute Gasteiger partial charge is 0.456 e. The number of fused-ring (bicyclic) bond motifs is 5. The molecule has 64 heavy (non-hydrogen) atoms. The standard InChI is InChI=1S/C61H44N2O/c1-61(2)53-27-13-12-24-50(53)51-25-15-29-55(60(51)61)63(48-37-35-44(36-38-48)43-33-31-42(32-34-43)41-17-6-3-7-18-41)49-39-45-19-14-26-52-58(45)57(40-49)64-56-30-16-28-54(59(52)56)62(46-20-8-4-9-21-46)47-22-10-5-11-23-47/h3-40H,1-2H3. The molecular formula is C61H44N2O. The van der Waals surface area contributed by atoms with Crippen LogP contribution in [0.25, 0.3) is 55.3 Å². The molecule has 3 heteroatoms. The number of para-hydroxylation sites is 2. The van der Waals surface area contributed by atoms with Crippen LogP contribution in [0.15, 0.2) is 231 Å². The zero-order valence-corrected chi connectivity index (χ0v) is 35.7. The molecule has 0 atom stereocenters. The Morgan fingerprint density at radius 1 is 0.359 bits per heavy atom. The Morgan fingerprint density at radius 3 is 1.55 bits per heavy atom. The highest BCUT2D eigenvalue weighted by atomic mass is 16.5. The predicted octanol–water partition coefficient (Wildman–Crippen LogP) is 17.2. The summed E-state index contributed by atoms with van der Waals surface area (Å²) in [6, 6.07) is 83.0. The molecule has 0 amide bonds. The number of hydrogen-bond acceptors (Lipinski definition) is 3. The smallest absolute Gasteiger partial charge is 0.138 e. The van der Waals surface area contributed by atoms with Crippen LogP contribution in [-0.2, 0) is 5.41 Å². The van der Waals surface area contributed by atoms with Gasteiger partial charge in [0.1, 0.15) is 11.5 Å². The lowest BCUT2D eigenvalue weighted by molar-refractivity contribution is 0.487. The van der Waals surface area contributed by atoms with Gasteiger partial charge in [-0.2, -0.15) is 0 Å². The van der Waals surface area contributed by atoms with E-state index in [1.165, 1.54) is 44.5 Å². The Morgan fingerprint density at radius 2 is 0.859 bits per heavy atom. The first kappa shape index (κ1) is 37.6. The molecule has 12 rings (SSSR count). The molecule has 0 saturated heterocycles. The van der Waals surface area contributed by atoms with Gasteiger partial charge in [0, 0.05) is 39.5 Å². The fourth-order valence-corrected chi connectivity index (χ4v) is 10.3. The van der Waals surface area contributed by atoms with Gasteiger partial charge in [-0.05, 0) is 116 Å². The molecule has 0 saturated carbocycles. The third-order valence-corrected chi connectivity index (χ3v) is 13.2. The molecule has 1 aliphatic heterocycles. The SMILES string of the molecule is CC1(C)c2ccccc2-c2cccc(N(c3ccc(-c4ccc(-c5ccccc5)cc4)cc3)c3cc4c5c(cccc5c3)-c3c(cccc3N(c3ccccc3)c3ccccc3)O4)c21. The van der Waals surface area contributed by atoms with Crippen LogP contribution in [0.4, 0.5) is 34.1 Å². The Hall–Kier alpha value is -8.14. The van der Waals surface area contributed by atoms with Gasteiger partial charge in [0.15, 0.2) is 0 Å². The number of hydrogen-bond donors (Lipinski definition) is 0. The van der Waals surface area contributed by atoms with Crippen molar-refractivity contribution >= 4 is 44.9 Å². The summed E-state index contributed by atoms with van der Waals surface area (Å²) >= 11 is 0. The molecule has 3 nitrogen and oxygen atoms in total. The molecule has 0 N–H and O–H groups in total. The summed E-state index contributed by atoms with van der Waals surface area (Å²) in [4.78, 5) is 4.78. The van der Waals surface area contributed by atoms with Gasteiger partial charge >= 0.3 is 0 Å². The Kier molecular flexibility index (Phi) is 8.84. The van der Waals surface area contributed by atoms with Crippen LogP contribution in [-0.4, -0.2) is 0 Å². The van der Waals surface area contributed by atoms with Gasteiger partial charge in [-0.3, -0.25) is 0 Å². The molecule has 0 spiro atoms. The second kappa shape index (κ2) is 15.0. The summed E-state index contributed by atoms with van der Waals surface area (Å²) in [5, 5.41) is 2.22. The van der Waals surface area contributed by atoms with Crippen molar-refractivity contribution < 1.29 is 4.74 Å². The van der Waals surface area contributed by atoms with Crippen molar-refractivity contribution in [2.45, 2.75) is 19.3 Å². The lowest BCUT2D eigenvalue weighted by atomic mass is 9.81. The van der Waals surface area contributed by atoms with Crippen molar-refractivity contribution in [3.63, 3.8) is 0 Å². The molecule has 0 aromatic heterocycles. The third kappa shape index (κ3) is 6.12. The highest BCUT2D eigenvalue weighted by Gasteiger charge is 2.39. The van der Waals surface area contributed by atoms with E-state index in [1.54, 1.807) is 0 Å². The van der Waals surface area contributed by atoms with E-state index in [4.69, 9.17) is 4.74 Å². The molecule has 1 heterocycles. The van der Waals surface area contributed by atoms with Gasteiger partial charge < -0.3 is 14.5 Å². The number of nitrogens with zero attached hydrogens (tertiary/aromatic N) is 2. The minimum atomic E-state index is -0.227. The molecule has 10 aromatic carbocycles. The van der Waals surface area contributed by atoms with Crippen LogP contribution in [0.2, 0.25) is 0 Å². The lowest BCUT2D eigenvalue weighted by Crippen LogP contribution is -2.20. The van der Waals surface area contributed by atoms with E-state index >= 15 is 0 Å². The van der Waals surface area contributed by atoms with E-state index < -0.39 is 0 Å². The molecule has 0 fully saturated rings. The fraction of sp³-hybridized carbons (Fsp3) is 0.0492. The molecule has 10 aromatic rings. The Balaban J connectivity index is 1.02. The number of benzene rings is 10. The van der Waals surface area contributed by atoms with E-state index in [9.17, 15) is 0 Å². The average molecular weight is 821 g/mol. The first-order chi connectivity index (χ1) is 31.5. The summed E-state index contributed by atoms with van der Waals surface area (Å²) in [6.45, 7) is 4.73. The van der Waals surface area contributed by atoms with Gasteiger partial charge in [0.2, 0.25) is 0 Å². The maximum absolute atomic E-state index is 7.12. The lowest BCUT2D eigenvalue weighted by Gasteiger charge is -2.34. The number of anilines is 6. The van der Waals surface area contributed by atoms with Gasteiger partial charge in [-0.25, -0.2) is 0 Å². The molecule has 304 valence electrons. The normalized spacial score (nSPS) is 12.8. The van der Waals surface area contributed by atoms with Gasteiger partial charge in [0.05, 0.1) is 17.1 Å². The van der Waals surface area contributed by atoms with Crippen LogP contribution in [0.5, 0.6) is 11.5 Å². The maximum atomic E-state index is 7.12. The summed E-state index contributed by atoms with van der Waals surface area (Å²) in [5.41, 5.74) is 18.5. The minimum Gasteiger partial charge on any atom is -0.456 e. The average Bonchev–Trinajstić information content (AvgIpc) is 3.59. The van der Waals surface area contributed by atoms with Crippen molar-refractivity contribution in [3.8, 4) is 56.0 Å². The number of ether oxygens (including phenoxy) is 1. The predicted molar refractivity (Wildman–Crippen MR) is 267 cm³/mol. The summed E-state index contributed by atoms with van der Waals surface area (Å²) in [5.74, 6) is 1.67. The van der Waals surface area contributed by atoms with Gasteiger partial charge in [-0.1, -0.05) is 178 Å². The molecule has 2 aliphatic rings. The molecule has 1 aliphatic carbocycles. The fourth-order valence-electron chi connectivity index (χ4n) is 10.3. The molecule has 0 unspecified atom stereocenters. The van der Waals surface area contributed by atoms with E-state index in [2.05, 4.69) is 254 Å². The maximum Gasteiger partial charge on any atom is 0.138 e. The summed E-state index contributed by atoms with van der Waals surface area (Å²) < 4.78 is 7.12. The van der Waals surface area contributed by atoms with E-state index in [0.29, 0.717) is 0 Å². The van der Waals surface area contributed by atoms with E-state index in [1.807, 2.05) is 0 Å².